The Hall–Kier alpha value is -1.55. The molecule has 1 aliphatic rings. The Morgan fingerprint density at radius 2 is 1.95 bits per heavy atom. The molecule has 1 saturated carbocycles. The van der Waals surface area contributed by atoms with Crippen molar-refractivity contribution in [2.45, 2.75) is 57.5 Å². The Kier molecular flexibility index (Phi) is 6.05. The van der Waals surface area contributed by atoms with Gasteiger partial charge < -0.3 is 15.4 Å². The summed E-state index contributed by atoms with van der Waals surface area (Å²) in [6.45, 7) is 1.93. The van der Waals surface area contributed by atoms with Crippen molar-refractivity contribution in [1.82, 2.24) is 5.32 Å². The van der Waals surface area contributed by atoms with Crippen molar-refractivity contribution in [2.24, 2.45) is 0 Å². The molecule has 1 aliphatic carbocycles. The van der Waals surface area contributed by atoms with Crippen LogP contribution in [0.15, 0.2) is 24.3 Å². The van der Waals surface area contributed by atoms with E-state index in [1.807, 2.05) is 31.2 Å². The van der Waals surface area contributed by atoms with Gasteiger partial charge in [-0.1, -0.05) is 31.7 Å². The first-order chi connectivity index (χ1) is 10.2. The normalized spacial score (nSPS) is 17.8. The predicted octanol–water partition coefficient (Wildman–Crippen LogP) is 3.33. The van der Waals surface area contributed by atoms with Gasteiger partial charge >= 0.3 is 0 Å². The fraction of sp³-hybridized carbons (Fsp3) is 0.588. The van der Waals surface area contributed by atoms with Crippen LogP contribution in [-0.4, -0.2) is 25.1 Å². The van der Waals surface area contributed by atoms with E-state index in [4.69, 9.17) is 4.74 Å². The molecule has 4 heteroatoms. The molecule has 2 rings (SSSR count). The Morgan fingerprint density at radius 3 is 2.62 bits per heavy atom. The maximum atomic E-state index is 12.3. The van der Waals surface area contributed by atoms with Gasteiger partial charge in [-0.2, -0.15) is 0 Å². The highest BCUT2D eigenvalue weighted by Gasteiger charge is 2.19. The van der Waals surface area contributed by atoms with E-state index in [2.05, 4.69) is 10.6 Å². The second-order valence-corrected chi connectivity index (χ2v) is 5.80. The first kappa shape index (κ1) is 15.8. The third-order valence-corrected chi connectivity index (χ3v) is 4.07. The number of rotatable bonds is 5. The molecule has 0 heterocycles. The molecule has 1 fully saturated rings. The van der Waals surface area contributed by atoms with Crippen molar-refractivity contribution in [1.29, 1.82) is 0 Å². The topological polar surface area (TPSA) is 50.4 Å². The molecule has 21 heavy (non-hydrogen) atoms. The van der Waals surface area contributed by atoms with Crippen LogP contribution in [0, 0.1) is 0 Å². The maximum Gasteiger partial charge on any atom is 0.241 e. The lowest BCUT2D eigenvalue weighted by Crippen LogP contribution is -2.43. The molecule has 0 bridgehead atoms. The fourth-order valence-corrected chi connectivity index (χ4v) is 2.83. The van der Waals surface area contributed by atoms with Gasteiger partial charge in [0.05, 0.1) is 13.2 Å². The van der Waals surface area contributed by atoms with Gasteiger partial charge in [0.25, 0.3) is 0 Å². The van der Waals surface area contributed by atoms with E-state index in [0.29, 0.717) is 6.04 Å². The van der Waals surface area contributed by atoms with E-state index in [9.17, 15) is 4.79 Å². The van der Waals surface area contributed by atoms with Crippen LogP contribution in [0.1, 0.15) is 45.4 Å². The molecule has 4 nitrogen and oxygen atoms in total. The number of hydrogen-bond donors (Lipinski definition) is 2. The Bertz CT molecular complexity index is 454. The lowest BCUT2D eigenvalue weighted by atomic mass is 10.1. The number of nitrogens with one attached hydrogen (secondary N) is 2. The summed E-state index contributed by atoms with van der Waals surface area (Å²) in [6.07, 6.45) is 7.53. The highest BCUT2D eigenvalue weighted by atomic mass is 16.5. The molecule has 1 atom stereocenters. The van der Waals surface area contributed by atoms with Gasteiger partial charge in [0, 0.05) is 17.8 Å². The summed E-state index contributed by atoms with van der Waals surface area (Å²) in [7, 11) is 1.62. The van der Waals surface area contributed by atoms with Crippen molar-refractivity contribution >= 4 is 11.6 Å². The van der Waals surface area contributed by atoms with Crippen molar-refractivity contribution in [3.8, 4) is 5.75 Å². The van der Waals surface area contributed by atoms with Gasteiger partial charge in [0.1, 0.15) is 5.75 Å². The standard InChI is InChI=1S/C17H26N2O2/c1-13(18-14-8-5-3-4-6-9-14)17(20)19-15-10-7-11-16(12-15)21-2/h7,10-14,18H,3-6,8-9H2,1-2H3,(H,19,20). The Balaban J connectivity index is 1.86. The van der Waals surface area contributed by atoms with Gasteiger partial charge in [0.15, 0.2) is 0 Å². The van der Waals surface area contributed by atoms with E-state index in [0.717, 1.165) is 11.4 Å². The minimum Gasteiger partial charge on any atom is -0.497 e. The largest absolute Gasteiger partial charge is 0.497 e. The predicted molar refractivity (Wildman–Crippen MR) is 85.7 cm³/mol. The number of carbonyl (C=O) groups is 1. The monoisotopic (exact) mass is 290 g/mol. The number of methoxy groups -OCH3 is 1. The first-order valence-corrected chi connectivity index (χ1v) is 7.90. The lowest BCUT2D eigenvalue weighted by molar-refractivity contribution is -0.118. The van der Waals surface area contributed by atoms with E-state index >= 15 is 0 Å². The second kappa shape index (κ2) is 8.03. The average Bonchev–Trinajstić information content (AvgIpc) is 2.76. The molecule has 1 aromatic carbocycles. The smallest absolute Gasteiger partial charge is 0.241 e. The highest BCUT2D eigenvalue weighted by Crippen LogP contribution is 2.19. The van der Waals surface area contributed by atoms with Crippen LogP contribution in [0.4, 0.5) is 5.69 Å². The molecule has 2 N–H and O–H groups in total. The van der Waals surface area contributed by atoms with Gasteiger partial charge in [0.2, 0.25) is 5.91 Å². The van der Waals surface area contributed by atoms with Crippen LogP contribution in [0.25, 0.3) is 0 Å². The minimum atomic E-state index is -0.181. The number of hydrogen-bond acceptors (Lipinski definition) is 3. The molecule has 116 valence electrons. The van der Waals surface area contributed by atoms with Gasteiger partial charge in [-0.3, -0.25) is 4.79 Å². The summed E-state index contributed by atoms with van der Waals surface area (Å²) in [4.78, 5) is 12.3. The number of anilines is 1. The van der Waals surface area contributed by atoms with Crippen molar-refractivity contribution < 1.29 is 9.53 Å². The quantitative estimate of drug-likeness (QED) is 0.818. The molecule has 1 aromatic rings. The van der Waals surface area contributed by atoms with Gasteiger partial charge in [-0.15, -0.1) is 0 Å². The molecule has 0 spiro atoms. The zero-order valence-electron chi connectivity index (χ0n) is 13.0. The summed E-state index contributed by atoms with van der Waals surface area (Å²) in [5.41, 5.74) is 0.772. The van der Waals surface area contributed by atoms with Crippen LogP contribution in [-0.2, 0) is 4.79 Å². The van der Waals surface area contributed by atoms with Crippen LogP contribution < -0.4 is 15.4 Å². The van der Waals surface area contributed by atoms with E-state index in [1.54, 1.807) is 7.11 Å². The summed E-state index contributed by atoms with van der Waals surface area (Å²) in [6, 6.07) is 7.73. The van der Waals surface area contributed by atoms with Crippen LogP contribution in [0.3, 0.4) is 0 Å². The van der Waals surface area contributed by atoms with Crippen molar-refractivity contribution in [3.05, 3.63) is 24.3 Å². The van der Waals surface area contributed by atoms with E-state index in [1.165, 1.54) is 38.5 Å². The van der Waals surface area contributed by atoms with Crippen molar-refractivity contribution in [3.63, 3.8) is 0 Å². The maximum absolute atomic E-state index is 12.3. The number of carbonyl (C=O) groups excluding carboxylic acids is 1. The van der Waals surface area contributed by atoms with Crippen LogP contribution in [0.5, 0.6) is 5.75 Å². The third kappa shape index (κ3) is 5.05. The Labute approximate surface area is 127 Å². The van der Waals surface area contributed by atoms with Crippen LogP contribution in [0.2, 0.25) is 0 Å². The minimum absolute atomic E-state index is 0.00694. The van der Waals surface area contributed by atoms with E-state index < -0.39 is 0 Å². The fourth-order valence-electron chi connectivity index (χ4n) is 2.83. The summed E-state index contributed by atoms with van der Waals surface area (Å²) in [5, 5.41) is 6.40. The molecule has 0 aromatic heterocycles. The van der Waals surface area contributed by atoms with E-state index in [-0.39, 0.29) is 11.9 Å². The zero-order valence-corrected chi connectivity index (χ0v) is 13.0. The summed E-state index contributed by atoms with van der Waals surface area (Å²) >= 11 is 0. The molecule has 0 aliphatic heterocycles. The lowest BCUT2D eigenvalue weighted by Gasteiger charge is -2.21. The molecular formula is C17H26N2O2. The Morgan fingerprint density at radius 1 is 1.24 bits per heavy atom. The van der Waals surface area contributed by atoms with Crippen molar-refractivity contribution in [2.75, 3.05) is 12.4 Å². The third-order valence-electron chi connectivity index (χ3n) is 4.07. The van der Waals surface area contributed by atoms with Gasteiger partial charge in [-0.25, -0.2) is 0 Å². The summed E-state index contributed by atoms with van der Waals surface area (Å²) in [5.74, 6) is 0.754. The van der Waals surface area contributed by atoms with Crippen LogP contribution >= 0.6 is 0 Å². The number of amides is 1. The average molecular weight is 290 g/mol. The summed E-state index contributed by atoms with van der Waals surface area (Å²) < 4.78 is 5.17. The molecular weight excluding hydrogens is 264 g/mol. The van der Waals surface area contributed by atoms with Gasteiger partial charge in [-0.05, 0) is 31.9 Å². The first-order valence-electron chi connectivity index (χ1n) is 7.90. The number of benzene rings is 1. The molecule has 1 unspecified atom stereocenters. The highest BCUT2D eigenvalue weighted by molar-refractivity contribution is 5.94. The molecule has 1 amide bonds. The molecule has 0 radical (unpaired) electrons. The second-order valence-electron chi connectivity index (χ2n) is 5.80. The molecule has 0 saturated heterocycles. The number of ether oxygens (including phenoxy) is 1. The zero-order chi connectivity index (χ0) is 15.1. The SMILES string of the molecule is COc1cccc(NC(=O)C(C)NC2CCCCCC2)c1.